The molecule has 1 amide bonds. The van der Waals surface area contributed by atoms with E-state index in [0.29, 0.717) is 23.5 Å². The van der Waals surface area contributed by atoms with E-state index in [1.807, 2.05) is 38.4 Å². The lowest BCUT2D eigenvalue weighted by molar-refractivity contribution is -0.118. The molecule has 0 atom stereocenters. The minimum atomic E-state index is 0.512. The zero-order valence-corrected chi connectivity index (χ0v) is 24.0. The van der Waals surface area contributed by atoms with E-state index in [9.17, 15) is 4.79 Å². The molecule has 5 rings (SSSR count). The number of nitrogens with two attached hydrogens (primary N) is 1. The fourth-order valence-electron chi connectivity index (χ4n) is 4.51. The van der Waals surface area contributed by atoms with Crippen molar-refractivity contribution in [3.05, 3.63) is 64.6 Å². The normalized spacial score (nSPS) is 12.3. The average Bonchev–Trinajstić information content (AvgIpc) is 3.36. The van der Waals surface area contributed by atoms with Crippen LogP contribution >= 0.6 is 11.3 Å². The second-order valence-electron chi connectivity index (χ2n) is 9.76. The molecule has 3 aromatic heterocycles. The molecule has 0 bridgehead atoms. The standard InChI is InChI=1S/C18H19N5OS.C11H17N3O/c1-24-14-7-12(20)10(8-19)6-13(14)23-17-16-11-4-2-3-5-15(11)25-18(16)22-9-21-17;1-13(2)7-8-14(10-15)9-11-5-3-4-6-12-11/h6-9,19H,2-5,20H2,1H3,(H,21,22,23);3-6,10H,7-9H2,1-2H3. The van der Waals surface area contributed by atoms with Crippen LogP contribution in [0.1, 0.15) is 34.5 Å². The number of aromatic nitrogens is 3. The van der Waals surface area contributed by atoms with Crippen molar-refractivity contribution in [2.75, 3.05) is 45.3 Å². The van der Waals surface area contributed by atoms with Crippen molar-refractivity contribution in [1.29, 1.82) is 5.41 Å². The largest absolute Gasteiger partial charge is 0.494 e. The molecule has 11 heteroatoms. The molecule has 0 saturated heterocycles. The Hall–Kier alpha value is -4.09. The van der Waals surface area contributed by atoms with Crippen molar-refractivity contribution in [2.45, 2.75) is 32.2 Å². The Morgan fingerprint density at radius 3 is 2.67 bits per heavy atom. The number of fused-ring (bicyclic) bond motifs is 3. The molecule has 3 heterocycles. The molecule has 40 heavy (non-hydrogen) atoms. The molecular weight excluding hydrogens is 524 g/mol. The van der Waals surface area contributed by atoms with Gasteiger partial charge in [0.1, 0.15) is 22.7 Å². The van der Waals surface area contributed by atoms with Gasteiger partial charge in [-0.1, -0.05) is 6.07 Å². The van der Waals surface area contributed by atoms with Gasteiger partial charge in [-0.3, -0.25) is 9.78 Å². The summed E-state index contributed by atoms with van der Waals surface area (Å²) in [7, 11) is 5.58. The highest BCUT2D eigenvalue weighted by molar-refractivity contribution is 7.19. The number of likely N-dealkylation sites (N-methyl/N-ethyl adjacent to an activating group) is 1. The number of aryl methyl sites for hydroxylation is 2. The summed E-state index contributed by atoms with van der Waals surface area (Å²) < 4.78 is 5.45. The second-order valence-corrected chi connectivity index (χ2v) is 10.8. The number of methoxy groups -OCH3 is 1. The van der Waals surface area contributed by atoms with E-state index >= 15 is 0 Å². The smallest absolute Gasteiger partial charge is 0.210 e. The maximum absolute atomic E-state index is 10.8. The number of amides is 1. The molecule has 0 unspecified atom stereocenters. The molecule has 1 aliphatic rings. The number of anilines is 3. The number of hydrogen-bond donors (Lipinski definition) is 3. The van der Waals surface area contributed by atoms with E-state index in [-0.39, 0.29) is 0 Å². The van der Waals surface area contributed by atoms with E-state index in [0.717, 1.165) is 59.8 Å². The average molecular weight is 561 g/mol. The van der Waals surface area contributed by atoms with Crippen molar-refractivity contribution >= 4 is 51.4 Å². The molecule has 0 spiro atoms. The summed E-state index contributed by atoms with van der Waals surface area (Å²) in [5, 5.41) is 12.0. The van der Waals surface area contributed by atoms with Crippen molar-refractivity contribution < 1.29 is 9.53 Å². The van der Waals surface area contributed by atoms with Gasteiger partial charge < -0.3 is 31.0 Å². The Balaban J connectivity index is 0.000000212. The highest BCUT2D eigenvalue weighted by Gasteiger charge is 2.20. The number of nitrogens with zero attached hydrogens (tertiary/aromatic N) is 5. The molecule has 0 saturated carbocycles. The first-order valence-corrected chi connectivity index (χ1v) is 14.0. The Morgan fingerprint density at radius 1 is 1.15 bits per heavy atom. The SMILES string of the molecule is CN(C)CCN(C=O)Cc1ccccn1.COc1cc(N)c(C=N)cc1Nc1ncnc2sc3c(c12)CCCC3. The third-order valence-corrected chi connectivity index (χ3v) is 7.84. The number of ether oxygens (including phenoxy) is 1. The van der Waals surface area contributed by atoms with Crippen molar-refractivity contribution in [3.63, 3.8) is 0 Å². The van der Waals surface area contributed by atoms with Gasteiger partial charge in [-0.25, -0.2) is 9.97 Å². The number of pyridine rings is 1. The molecule has 1 aliphatic carbocycles. The third kappa shape index (κ3) is 7.10. The quantitative estimate of drug-likeness (QED) is 0.147. The monoisotopic (exact) mass is 560 g/mol. The van der Waals surface area contributed by atoms with Crippen LogP contribution < -0.4 is 15.8 Å². The zero-order chi connectivity index (χ0) is 28.5. The van der Waals surface area contributed by atoms with Crippen molar-refractivity contribution in [2.24, 2.45) is 0 Å². The molecule has 4 aromatic rings. The van der Waals surface area contributed by atoms with E-state index in [1.165, 1.54) is 29.5 Å². The maximum atomic E-state index is 10.8. The number of hydrogen-bond acceptors (Lipinski definition) is 10. The highest BCUT2D eigenvalue weighted by atomic mass is 32.1. The number of nitrogens with one attached hydrogen (secondary N) is 2. The first kappa shape index (κ1) is 28.9. The lowest BCUT2D eigenvalue weighted by Crippen LogP contribution is -2.30. The molecular formula is C29H36N8O2S. The van der Waals surface area contributed by atoms with Gasteiger partial charge in [-0.2, -0.15) is 0 Å². The van der Waals surface area contributed by atoms with E-state index in [1.54, 1.807) is 41.9 Å². The van der Waals surface area contributed by atoms with Crippen LogP contribution in [-0.4, -0.2) is 71.7 Å². The summed E-state index contributed by atoms with van der Waals surface area (Å²) in [6.07, 6.45) is 10.1. The van der Waals surface area contributed by atoms with Gasteiger partial charge in [0.15, 0.2) is 0 Å². The molecule has 0 fully saturated rings. The van der Waals surface area contributed by atoms with Gasteiger partial charge in [0.25, 0.3) is 0 Å². The number of carbonyl (C=O) groups excluding carboxylic acids is 1. The van der Waals surface area contributed by atoms with Gasteiger partial charge in [-0.15, -0.1) is 11.3 Å². The lowest BCUT2D eigenvalue weighted by Gasteiger charge is -2.19. The molecule has 210 valence electrons. The Bertz CT molecular complexity index is 1440. The molecule has 10 nitrogen and oxygen atoms in total. The van der Waals surface area contributed by atoms with Gasteiger partial charge >= 0.3 is 0 Å². The fourth-order valence-corrected chi connectivity index (χ4v) is 5.74. The van der Waals surface area contributed by atoms with E-state index < -0.39 is 0 Å². The molecule has 0 radical (unpaired) electrons. The third-order valence-electron chi connectivity index (χ3n) is 6.64. The fraction of sp³-hybridized carbons (Fsp3) is 0.345. The van der Waals surface area contributed by atoms with Gasteiger partial charge in [0.05, 0.1) is 30.4 Å². The highest BCUT2D eigenvalue weighted by Crippen LogP contribution is 2.40. The summed E-state index contributed by atoms with van der Waals surface area (Å²) in [5.41, 5.74) is 10.1. The summed E-state index contributed by atoms with van der Waals surface area (Å²) in [5.74, 6) is 1.40. The Morgan fingerprint density at radius 2 is 1.98 bits per heavy atom. The van der Waals surface area contributed by atoms with Crippen molar-refractivity contribution in [3.8, 4) is 5.75 Å². The van der Waals surface area contributed by atoms with Crippen molar-refractivity contribution in [1.82, 2.24) is 24.8 Å². The van der Waals surface area contributed by atoms with Gasteiger partial charge in [0, 0.05) is 47.7 Å². The second kappa shape index (κ2) is 13.8. The maximum Gasteiger partial charge on any atom is 0.210 e. The van der Waals surface area contributed by atoms with E-state index in [2.05, 4.69) is 25.2 Å². The minimum absolute atomic E-state index is 0.512. The summed E-state index contributed by atoms with van der Waals surface area (Å²) >= 11 is 1.77. The van der Waals surface area contributed by atoms with Crippen LogP contribution in [0.25, 0.3) is 10.2 Å². The number of carbonyl (C=O) groups is 1. The number of rotatable bonds is 10. The minimum Gasteiger partial charge on any atom is -0.494 e. The number of nitrogen functional groups attached to an aromatic ring is 1. The van der Waals surface area contributed by atoms with E-state index in [4.69, 9.17) is 15.9 Å². The Labute approximate surface area is 238 Å². The van der Waals surface area contributed by atoms with Gasteiger partial charge in [0.2, 0.25) is 6.41 Å². The molecule has 0 aliphatic heterocycles. The number of thiophene rings is 1. The first-order valence-electron chi connectivity index (χ1n) is 13.2. The summed E-state index contributed by atoms with van der Waals surface area (Å²) in [4.78, 5) is 30.1. The van der Waals surface area contributed by atoms with Crippen LogP contribution in [0.3, 0.4) is 0 Å². The van der Waals surface area contributed by atoms with Crippen LogP contribution in [0, 0.1) is 5.41 Å². The predicted octanol–water partition coefficient (Wildman–Crippen LogP) is 4.50. The van der Waals surface area contributed by atoms with Crippen LogP contribution in [-0.2, 0) is 24.2 Å². The zero-order valence-electron chi connectivity index (χ0n) is 23.2. The first-order chi connectivity index (χ1) is 19.4. The molecule has 1 aromatic carbocycles. The summed E-state index contributed by atoms with van der Waals surface area (Å²) in [6, 6.07) is 9.26. The topological polar surface area (TPSA) is 133 Å². The van der Waals surface area contributed by atoms with Gasteiger partial charge in [-0.05, 0) is 63.5 Å². The van der Waals surface area contributed by atoms with Crippen LogP contribution in [0.15, 0.2) is 42.9 Å². The predicted molar refractivity (Wildman–Crippen MR) is 162 cm³/mol. The van der Waals surface area contributed by atoms with Crippen LogP contribution in [0.5, 0.6) is 5.75 Å². The summed E-state index contributed by atoms with van der Waals surface area (Å²) in [6.45, 7) is 2.18. The van der Waals surface area contributed by atoms with Crippen LogP contribution in [0.4, 0.5) is 17.2 Å². The Kier molecular flexibility index (Phi) is 9.98. The number of benzene rings is 1. The molecule has 4 N–H and O–H groups in total. The van der Waals surface area contributed by atoms with Crippen LogP contribution in [0.2, 0.25) is 0 Å². The lowest BCUT2D eigenvalue weighted by atomic mass is 9.97.